The van der Waals surface area contributed by atoms with Crippen LogP contribution in [-0.4, -0.2) is 0 Å². The molecule has 0 aliphatic carbocycles. The molecule has 3 rings (SSSR count). The molecule has 0 bridgehead atoms. The maximum absolute atomic E-state index is 11.7. The van der Waals surface area contributed by atoms with E-state index >= 15 is 0 Å². The SMILES string of the molecule is C=c1oc(=O)c2ccc(C)c3cccc1c32. The first-order valence-corrected chi connectivity index (χ1v) is 5.12. The van der Waals surface area contributed by atoms with Crippen molar-refractivity contribution >= 4 is 28.1 Å². The minimum Gasteiger partial charge on any atom is -0.423 e. The molecule has 0 amide bonds. The molecule has 0 N–H and O–H groups in total. The van der Waals surface area contributed by atoms with Crippen LogP contribution in [0.2, 0.25) is 0 Å². The van der Waals surface area contributed by atoms with Gasteiger partial charge in [-0.25, -0.2) is 4.79 Å². The first kappa shape index (κ1) is 9.16. The summed E-state index contributed by atoms with van der Waals surface area (Å²) in [7, 11) is 0. The Bertz CT molecular complexity index is 767. The fraction of sp³-hybridized carbons (Fsp3) is 0.0714. The smallest absolute Gasteiger partial charge is 0.344 e. The van der Waals surface area contributed by atoms with Crippen LogP contribution in [0.3, 0.4) is 0 Å². The van der Waals surface area contributed by atoms with E-state index in [9.17, 15) is 4.79 Å². The van der Waals surface area contributed by atoms with E-state index in [4.69, 9.17) is 4.42 Å². The zero-order valence-electron chi connectivity index (χ0n) is 8.91. The van der Waals surface area contributed by atoms with E-state index in [-0.39, 0.29) is 5.63 Å². The molecule has 0 aliphatic rings. The predicted molar refractivity (Wildman–Crippen MR) is 65.5 cm³/mol. The van der Waals surface area contributed by atoms with Crippen molar-refractivity contribution in [3.63, 3.8) is 0 Å². The highest BCUT2D eigenvalue weighted by atomic mass is 16.4. The van der Waals surface area contributed by atoms with Gasteiger partial charge >= 0.3 is 5.63 Å². The summed E-state index contributed by atoms with van der Waals surface area (Å²) < 4.78 is 5.11. The maximum atomic E-state index is 11.7. The Morgan fingerprint density at radius 1 is 1.06 bits per heavy atom. The lowest BCUT2D eigenvalue weighted by Gasteiger charge is -2.06. The van der Waals surface area contributed by atoms with Crippen molar-refractivity contribution in [1.29, 1.82) is 0 Å². The largest absolute Gasteiger partial charge is 0.423 e. The topological polar surface area (TPSA) is 30.2 Å². The van der Waals surface area contributed by atoms with Gasteiger partial charge in [-0.2, -0.15) is 0 Å². The van der Waals surface area contributed by atoms with Gasteiger partial charge in [0.25, 0.3) is 0 Å². The molecule has 2 heteroatoms. The zero-order valence-corrected chi connectivity index (χ0v) is 8.91. The minimum atomic E-state index is -0.311. The van der Waals surface area contributed by atoms with Crippen molar-refractivity contribution in [3.8, 4) is 0 Å². The Morgan fingerprint density at radius 2 is 1.81 bits per heavy atom. The summed E-state index contributed by atoms with van der Waals surface area (Å²) in [6, 6.07) is 9.66. The summed E-state index contributed by atoms with van der Waals surface area (Å²) in [5, 5.41) is 3.59. The molecule has 16 heavy (non-hydrogen) atoms. The van der Waals surface area contributed by atoms with Crippen molar-refractivity contribution in [3.05, 3.63) is 51.7 Å². The third-order valence-electron chi connectivity index (χ3n) is 2.99. The lowest BCUT2D eigenvalue weighted by atomic mass is 9.99. The standard InChI is InChI=1S/C14H10O2/c1-8-6-7-12-13-10(8)4-3-5-11(13)9(2)16-14(12)15/h3-7H,2H2,1H3. The molecule has 0 aliphatic heterocycles. The zero-order chi connectivity index (χ0) is 11.3. The molecule has 2 nitrogen and oxygen atoms in total. The number of hydrogen-bond acceptors (Lipinski definition) is 2. The van der Waals surface area contributed by atoms with Gasteiger partial charge in [0, 0.05) is 10.8 Å². The van der Waals surface area contributed by atoms with Crippen molar-refractivity contribution in [2.24, 2.45) is 0 Å². The van der Waals surface area contributed by atoms with Crippen LogP contribution in [0.1, 0.15) is 5.56 Å². The molecule has 1 aromatic heterocycles. The van der Waals surface area contributed by atoms with Gasteiger partial charge < -0.3 is 4.42 Å². The molecule has 78 valence electrons. The van der Waals surface area contributed by atoms with Crippen molar-refractivity contribution in [2.45, 2.75) is 6.92 Å². The van der Waals surface area contributed by atoms with Crippen molar-refractivity contribution < 1.29 is 4.42 Å². The van der Waals surface area contributed by atoms with Crippen LogP contribution in [0.5, 0.6) is 0 Å². The molecule has 2 aromatic carbocycles. The second kappa shape index (κ2) is 2.95. The molecule has 0 atom stereocenters. The highest BCUT2D eigenvalue weighted by Crippen LogP contribution is 2.24. The average Bonchev–Trinajstić information content (AvgIpc) is 2.27. The Hall–Kier alpha value is -2.09. The third kappa shape index (κ3) is 1.04. The van der Waals surface area contributed by atoms with Gasteiger partial charge in [0.05, 0.1) is 5.39 Å². The van der Waals surface area contributed by atoms with E-state index in [2.05, 4.69) is 6.58 Å². The van der Waals surface area contributed by atoms with Crippen LogP contribution in [0.25, 0.3) is 28.1 Å². The van der Waals surface area contributed by atoms with E-state index < -0.39 is 0 Å². The van der Waals surface area contributed by atoms with Gasteiger partial charge in [-0.1, -0.05) is 30.8 Å². The summed E-state index contributed by atoms with van der Waals surface area (Å²) in [6.07, 6.45) is 0. The first-order valence-electron chi connectivity index (χ1n) is 5.12. The van der Waals surface area contributed by atoms with Crippen LogP contribution in [0.4, 0.5) is 0 Å². The second-order valence-electron chi connectivity index (χ2n) is 3.97. The second-order valence-corrected chi connectivity index (χ2v) is 3.97. The monoisotopic (exact) mass is 210 g/mol. The fourth-order valence-electron chi connectivity index (χ4n) is 2.18. The van der Waals surface area contributed by atoms with E-state index in [1.54, 1.807) is 0 Å². The molecule has 0 unspecified atom stereocenters. The van der Waals surface area contributed by atoms with Gasteiger partial charge in [0.2, 0.25) is 0 Å². The summed E-state index contributed by atoms with van der Waals surface area (Å²) in [5.41, 5.74) is 1.28. The Kier molecular flexibility index (Phi) is 1.69. The predicted octanol–water partition coefficient (Wildman–Crippen LogP) is 2.38. The third-order valence-corrected chi connectivity index (χ3v) is 2.99. The van der Waals surface area contributed by atoms with Gasteiger partial charge in [-0.15, -0.1) is 0 Å². The fourth-order valence-corrected chi connectivity index (χ4v) is 2.18. The number of rotatable bonds is 0. The summed E-state index contributed by atoms with van der Waals surface area (Å²) >= 11 is 0. The minimum absolute atomic E-state index is 0.311. The number of hydrogen-bond donors (Lipinski definition) is 0. The van der Waals surface area contributed by atoms with Crippen molar-refractivity contribution in [1.82, 2.24) is 0 Å². The van der Waals surface area contributed by atoms with E-state index in [1.807, 2.05) is 37.3 Å². The summed E-state index contributed by atoms with van der Waals surface area (Å²) in [4.78, 5) is 11.7. The molecule has 0 saturated carbocycles. The highest BCUT2D eigenvalue weighted by Gasteiger charge is 2.08. The Morgan fingerprint density at radius 3 is 2.62 bits per heavy atom. The summed E-state index contributed by atoms with van der Waals surface area (Å²) in [5.74, 6) is 0. The molecule has 0 radical (unpaired) electrons. The molecular weight excluding hydrogens is 200 g/mol. The van der Waals surface area contributed by atoms with Crippen molar-refractivity contribution in [2.75, 3.05) is 0 Å². The summed E-state index contributed by atoms with van der Waals surface area (Å²) in [6.45, 7) is 5.81. The van der Waals surface area contributed by atoms with Crippen LogP contribution in [0.15, 0.2) is 39.5 Å². The van der Waals surface area contributed by atoms with Gasteiger partial charge in [-0.05, 0) is 23.9 Å². The number of benzene rings is 2. The quantitative estimate of drug-likeness (QED) is 0.570. The molecule has 0 saturated heterocycles. The normalized spacial score (nSPS) is 11.3. The lowest BCUT2D eigenvalue weighted by Crippen LogP contribution is -2.11. The lowest BCUT2D eigenvalue weighted by molar-refractivity contribution is 0.494. The number of aryl methyl sites for hydroxylation is 1. The van der Waals surface area contributed by atoms with Gasteiger partial charge in [0.1, 0.15) is 5.42 Å². The maximum Gasteiger partial charge on any atom is 0.344 e. The Balaban J connectivity index is 2.84. The highest BCUT2D eigenvalue weighted by molar-refractivity contribution is 6.10. The van der Waals surface area contributed by atoms with E-state index in [0.717, 1.165) is 21.7 Å². The van der Waals surface area contributed by atoms with Crippen LogP contribution < -0.4 is 11.0 Å². The van der Waals surface area contributed by atoms with E-state index in [0.29, 0.717) is 10.8 Å². The van der Waals surface area contributed by atoms with Crippen LogP contribution >= 0.6 is 0 Å². The van der Waals surface area contributed by atoms with Crippen LogP contribution in [0, 0.1) is 6.92 Å². The first-order chi connectivity index (χ1) is 7.68. The Labute approximate surface area is 91.8 Å². The molecule has 3 aromatic rings. The average molecular weight is 210 g/mol. The van der Waals surface area contributed by atoms with Crippen LogP contribution in [-0.2, 0) is 0 Å². The molecule has 0 fully saturated rings. The van der Waals surface area contributed by atoms with Gasteiger partial charge in [-0.3, -0.25) is 0 Å². The molecule has 1 heterocycles. The molecular formula is C14H10O2. The van der Waals surface area contributed by atoms with Gasteiger partial charge in [0.15, 0.2) is 0 Å². The van der Waals surface area contributed by atoms with E-state index in [1.165, 1.54) is 0 Å². The molecule has 0 spiro atoms.